The van der Waals surface area contributed by atoms with Gasteiger partial charge in [0.1, 0.15) is 0 Å². The zero-order chi connectivity index (χ0) is 14.7. The SMILES string of the molecule is COc1cc(Cl)c(C(Cl)c2ccc(Br)cc2)cc1OC. The van der Waals surface area contributed by atoms with Crippen molar-refractivity contribution in [2.24, 2.45) is 0 Å². The fraction of sp³-hybridized carbons (Fsp3) is 0.200. The molecule has 0 aromatic heterocycles. The van der Waals surface area contributed by atoms with Crippen LogP contribution in [-0.2, 0) is 0 Å². The van der Waals surface area contributed by atoms with Crippen molar-refractivity contribution in [3.8, 4) is 11.5 Å². The number of hydrogen-bond donors (Lipinski definition) is 0. The number of alkyl halides is 1. The molecule has 2 aromatic carbocycles. The molecule has 1 unspecified atom stereocenters. The molecule has 1 atom stereocenters. The Morgan fingerprint density at radius 3 is 2.10 bits per heavy atom. The number of benzene rings is 2. The van der Waals surface area contributed by atoms with E-state index in [2.05, 4.69) is 15.9 Å². The average Bonchev–Trinajstić information content (AvgIpc) is 2.47. The van der Waals surface area contributed by atoms with Gasteiger partial charge in [-0.05, 0) is 29.3 Å². The Balaban J connectivity index is 2.43. The van der Waals surface area contributed by atoms with Crippen LogP contribution in [0.4, 0.5) is 0 Å². The molecule has 0 aliphatic rings. The fourth-order valence-electron chi connectivity index (χ4n) is 1.88. The van der Waals surface area contributed by atoms with E-state index in [0.29, 0.717) is 16.5 Å². The standard InChI is InChI=1S/C15H13BrCl2O2/c1-19-13-7-11(12(17)8-14(13)20-2)15(18)9-3-5-10(16)6-4-9/h3-8,15H,1-2H3. The molecule has 0 aliphatic carbocycles. The lowest BCUT2D eigenvalue weighted by molar-refractivity contribution is 0.354. The molecule has 0 radical (unpaired) electrons. The summed E-state index contributed by atoms with van der Waals surface area (Å²) in [7, 11) is 3.15. The molecule has 106 valence electrons. The van der Waals surface area contributed by atoms with E-state index in [1.807, 2.05) is 24.3 Å². The molecule has 0 saturated heterocycles. The van der Waals surface area contributed by atoms with Gasteiger partial charge in [-0.15, -0.1) is 11.6 Å². The fourth-order valence-corrected chi connectivity index (χ4v) is 2.78. The number of halogens is 3. The van der Waals surface area contributed by atoms with Crippen molar-refractivity contribution in [2.45, 2.75) is 5.38 Å². The minimum absolute atomic E-state index is 0.351. The Hall–Kier alpha value is -0.900. The lowest BCUT2D eigenvalue weighted by atomic mass is 10.0. The predicted molar refractivity (Wildman–Crippen MR) is 86.4 cm³/mol. The minimum Gasteiger partial charge on any atom is -0.493 e. The smallest absolute Gasteiger partial charge is 0.162 e. The molecule has 2 nitrogen and oxygen atoms in total. The molecule has 0 aliphatic heterocycles. The van der Waals surface area contributed by atoms with Gasteiger partial charge in [-0.25, -0.2) is 0 Å². The zero-order valence-electron chi connectivity index (χ0n) is 11.0. The summed E-state index contributed by atoms with van der Waals surface area (Å²) in [4.78, 5) is 0. The third kappa shape index (κ3) is 3.22. The normalized spacial score (nSPS) is 12.1. The third-order valence-electron chi connectivity index (χ3n) is 2.94. The third-order valence-corrected chi connectivity index (χ3v) is 4.28. The van der Waals surface area contributed by atoms with E-state index in [1.54, 1.807) is 26.4 Å². The highest BCUT2D eigenvalue weighted by molar-refractivity contribution is 9.10. The van der Waals surface area contributed by atoms with Crippen molar-refractivity contribution in [2.75, 3.05) is 14.2 Å². The van der Waals surface area contributed by atoms with Gasteiger partial charge in [0.15, 0.2) is 11.5 Å². The van der Waals surface area contributed by atoms with E-state index >= 15 is 0 Å². The lowest BCUT2D eigenvalue weighted by Gasteiger charge is -2.16. The van der Waals surface area contributed by atoms with Gasteiger partial charge in [-0.1, -0.05) is 39.7 Å². The van der Waals surface area contributed by atoms with Crippen molar-refractivity contribution < 1.29 is 9.47 Å². The van der Waals surface area contributed by atoms with E-state index in [0.717, 1.165) is 15.6 Å². The van der Waals surface area contributed by atoms with Crippen LogP contribution in [0.15, 0.2) is 40.9 Å². The van der Waals surface area contributed by atoms with Crippen LogP contribution in [0.3, 0.4) is 0 Å². The lowest BCUT2D eigenvalue weighted by Crippen LogP contribution is -1.98. The minimum atomic E-state index is -0.351. The second-order valence-electron chi connectivity index (χ2n) is 4.14. The summed E-state index contributed by atoms with van der Waals surface area (Å²) >= 11 is 16.2. The van der Waals surface area contributed by atoms with E-state index in [1.165, 1.54) is 0 Å². The molecular formula is C15H13BrCl2O2. The molecule has 2 rings (SSSR count). The molecule has 20 heavy (non-hydrogen) atoms. The van der Waals surface area contributed by atoms with Crippen molar-refractivity contribution in [1.82, 2.24) is 0 Å². The van der Waals surface area contributed by atoms with Crippen molar-refractivity contribution >= 4 is 39.1 Å². The molecule has 2 aromatic rings. The Labute approximate surface area is 136 Å². The Bertz CT molecular complexity index is 600. The van der Waals surface area contributed by atoms with Gasteiger partial charge in [-0.3, -0.25) is 0 Å². The number of rotatable bonds is 4. The summed E-state index contributed by atoms with van der Waals surface area (Å²) in [6.45, 7) is 0. The van der Waals surface area contributed by atoms with E-state index in [-0.39, 0.29) is 5.38 Å². The monoisotopic (exact) mass is 374 g/mol. The first-order valence-electron chi connectivity index (χ1n) is 5.87. The molecule has 0 spiro atoms. The molecule has 0 heterocycles. The van der Waals surface area contributed by atoms with Crippen molar-refractivity contribution in [3.63, 3.8) is 0 Å². The Morgan fingerprint density at radius 2 is 1.55 bits per heavy atom. The summed E-state index contributed by atoms with van der Waals surface area (Å²) in [5.41, 5.74) is 1.75. The van der Waals surface area contributed by atoms with Crippen molar-refractivity contribution in [3.05, 3.63) is 57.0 Å². The van der Waals surface area contributed by atoms with Crippen LogP contribution in [0.1, 0.15) is 16.5 Å². The topological polar surface area (TPSA) is 18.5 Å². The van der Waals surface area contributed by atoms with Crippen LogP contribution >= 0.6 is 39.1 Å². The summed E-state index contributed by atoms with van der Waals surface area (Å²) in [5.74, 6) is 1.19. The quantitative estimate of drug-likeness (QED) is 0.661. The molecule has 5 heteroatoms. The first-order valence-corrected chi connectivity index (χ1v) is 7.48. The van der Waals surface area contributed by atoms with Gasteiger partial charge in [0.2, 0.25) is 0 Å². The van der Waals surface area contributed by atoms with Gasteiger partial charge < -0.3 is 9.47 Å². The highest BCUT2D eigenvalue weighted by Gasteiger charge is 2.18. The van der Waals surface area contributed by atoms with Gasteiger partial charge >= 0.3 is 0 Å². The summed E-state index contributed by atoms with van der Waals surface area (Å²) < 4.78 is 11.5. The number of hydrogen-bond acceptors (Lipinski definition) is 2. The molecule has 0 amide bonds. The highest BCUT2D eigenvalue weighted by Crippen LogP contribution is 2.40. The van der Waals surface area contributed by atoms with Crippen LogP contribution in [0, 0.1) is 0 Å². The Morgan fingerprint density at radius 1 is 1.00 bits per heavy atom. The van der Waals surface area contributed by atoms with Crippen LogP contribution < -0.4 is 9.47 Å². The van der Waals surface area contributed by atoms with E-state index in [9.17, 15) is 0 Å². The molecular weight excluding hydrogens is 363 g/mol. The van der Waals surface area contributed by atoms with Gasteiger partial charge in [-0.2, -0.15) is 0 Å². The highest BCUT2D eigenvalue weighted by atomic mass is 79.9. The van der Waals surface area contributed by atoms with Crippen LogP contribution in [0.25, 0.3) is 0 Å². The predicted octanol–water partition coefficient (Wildman–Crippen LogP) is 5.45. The van der Waals surface area contributed by atoms with Crippen LogP contribution in [-0.4, -0.2) is 14.2 Å². The second kappa shape index (κ2) is 6.70. The first kappa shape index (κ1) is 15.5. The number of methoxy groups -OCH3 is 2. The summed E-state index contributed by atoms with van der Waals surface area (Å²) in [6, 6.07) is 11.3. The molecule has 0 N–H and O–H groups in total. The molecule has 0 bridgehead atoms. The van der Waals surface area contributed by atoms with Gasteiger partial charge in [0.05, 0.1) is 19.6 Å². The summed E-state index contributed by atoms with van der Waals surface area (Å²) in [5, 5.41) is 0.195. The molecule has 0 saturated carbocycles. The second-order valence-corrected chi connectivity index (χ2v) is 5.90. The van der Waals surface area contributed by atoms with Crippen LogP contribution in [0.5, 0.6) is 11.5 Å². The van der Waals surface area contributed by atoms with Crippen molar-refractivity contribution in [1.29, 1.82) is 0 Å². The average molecular weight is 376 g/mol. The summed E-state index contributed by atoms with van der Waals surface area (Å²) in [6.07, 6.45) is 0. The largest absolute Gasteiger partial charge is 0.493 e. The van der Waals surface area contributed by atoms with Crippen LogP contribution in [0.2, 0.25) is 5.02 Å². The number of ether oxygens (including phenoxy) is 2. The van der Waals surface area contributed by atoms with Gasteiger partial charge in [0, 0.05) is 15.6 Å². The van der Waals surface area contributed by atoms with E-state index < -0.39 is 0 Å². The Kier molecular flexibility index (Phi) is 5.19. The zero-order valence-corrected chi connectivity index (χ0v) is 14.1. The maximum Gasteiger partial charge on any atom is 0.162 e. The maximum atomic E-state index is 6.52. The maximum absolute atomic E-state index is 6.52. The van der Waals surface area contributed by atoms with E-state index in [4.69, 9.17) is 32.7 Å². The first-order chi connectivity index (χ1) is 9.56. The van der Waals surface area contributed by atoms with Gasteiger partial charge in [0.25, 0.3) is 0 Å². The molecule has 0 fully saturated rings.